The summed E-state index contributed by atoms with van der Waals surface area (Å²) in [5.41, 5.74) is 3.63. The number of thioether (sulfide) groups is 1. The van der Waals surface area contributed by atoms with Gasteiger partial charge in [0.15, 0.2) is 0 Å². The van der Waals surface area contributed by atoms with E-state index in [2.05, 4.69) is 5.32 Å². The van der Waals surface area contributed by atoms with Gasteiger partial charge < -0.3 is 25.3 Å². The number of nitrogens with two attached hydrogens (primary N) is 1. The summed E-state index contributed by atoms with van der Waals surface area (Å²) in [6, 6.07) is 18.3. The molecule has 192 valence electrons. The summed E-state index contributed by atoms with van der Waals surface area (Å²) in [5, 5.41) is 3.17. The van der Waals surface area contributed by atoms with Crippen molar-refractivity contribution in [1.29, 1.82) is 0 Å². The van der Waals surface area contributed by atoms with Crippen molar-refractivity contribution in [2.24, 2.45) is 5.73 Å². The normalized spacial score (nSPS) is 12.1. The maximum absolute atomic E-state index is 12.5. The molecular formula is C26H27F3N2O4S. The highest BCUT2D eigenvalue weighted by Gasteiger charge is 2.29. The average Bonchev–Trinajstić information content (AvgIpc) is 2.85. The van der Waals surface area contributed by atoms with Gasteiger partial charge in [-0.3, -0.25) is 4.79 Å². The molecule has 0 saturated heterocycles. The summed E-state index contributed by atoms with van der Waals surface area (Å²) < 4.78 is 54.4. The maximum Gasteiger partial charge on any atom is 0.446 e. The van der Waals surface area contributed by atoms with E-state index in [4.69, 9.17) is 19.9 Å². The fourth-order valence-corrected chi connectivity index (χ4v) is 4.06. The molecule has 0 fully saturated rings. The smallest absolute Gasteiger partial charge is 0.446 e. The van der Waals surface area contributed by atoms with Gasteiger partial charge in [-0.25, -0.2) is 0 Å². The zero-order valence-corrected chi connectivity index (χ0v) is 20.6. The first-order chi connectivity index (χ1) is 17.2. The Morgan fingerprint density at radius 2 is 1.58 bits per heavy atom. The van der Waals surface area contributed by atoms with Crippen LogP contribution in [0.4, 0.5) is 13.2 Å². The second kappa shape index (κ2) is 12.5. The number of methoxy groups -OCH3 is 2. The van der Waals surface area contributed by atoms with E-state index in [9.17, 15) is 18.0 Å². The highest BCUT2D eigenvalue weighted by molar-refractivity contribution is 8.00. The van der Waals surface area contributed by atoms with Gasteiger partial charge >= 0.3 is 5.51 Å². The quantitative estimate of drug-likeness (QED) is 0.324. The third kappa shape index (κ3) is 8.10. The van der Waals surface area contributed by atoms with E-state index in [0.717, 1.165) is 5.56 Å². The van der Waals surface area contributed by atoms with Crippen LogP contribution in [0.1, 0.15) is 16.7 Å². The first-order valence-electron chi connectivity index (χ1n) is 11.0. The molecule has 10 heteroatoms. The number of hydrogen-bond donors (Lipinski definition) is 2. The topological polar surface area (TPSA) is 82.8 Å². The molecular weight excluding hydrogens is 493 g/mol. The number of alkyl halides is 3. The Kier molecular flexibility index (Phi) is 9.49. The minimum atomic E-state index is -4.33. The van der Waals surface area contributed by atoms with E-state index in [1.807, 2.05) is 30.3 Å². The molecule has 0 heterocycles. The van der Waals surface area contributed by atoms with Crippen LogP contribution in [-0.4, -0.2) is 31.7 Å². The maximum atomic E-state index is 12.5. The van der Waals surface area contributed by atoms with Gasteiger partial charge in [0.1, 0.15) is 23.9 Å². The summed E-state index contributed by atoms with van der Waals surface area (Å²) in [4.78, 5) is 12.1. The third-order valence-electron chi connectivity index (χ3n) is 5.30. The standard InChI is InChI=1S/C26H27F3N2O4S/c1-33-23-13-19(35-16-18-8-10-20(11-9-18)36-26(27,28)29)14-24(34-2)21(23)15-31-22(25(30)32)12-17-6-4-3-5-7-17/h3-11,13-14,22,31H,12,15-16H2,1-2H3,(H2,30,32)/t22-/m0/s1. The number of carbonyl (C=O) groups excluding carboxylic acids is 1. The predicted molar refractivity (Wildman–Crippen MR) is 132 cm³/mol. The number of carbonyl (C=O) groups is 1. The van der Waals surface area contributed by atoms with Crippen molar-refractivity contribution in [3.05, 3.63) is 83.4 Å². The molecule has 3 aromatic rings. The SMILES string of the molecule is COc1cc(OCc2ccc(SC(F)(F)F)cc2)cc(OC)c1CN[C@@H](Cc1ccccc1)C(N)=O. The first kappa shape index (κ1) is 27.2. The van der Waals surface area contributed by atoms with Crippen LogP contribution in [0.25, 0.3) is 0 Å². The molecule has 0 radical (unpaired) electrons. The van der Waals surface area contributed by atoms with Gasteiger partial charge in [0, 0.05) is 23.6 Å². The molecule has 0 bridgehead atoms. The van der Waals surface area contributed by atoms with Crippen LogP contribution in [0.15, 0.2) is 71.6 Å². The molecule has 3 rings (SSSR count). The van der Waals surface area contributed by atoms with Crippen LogP contribution in [0.3, 0.4) is 0 Å². The van der Waals surface area contributed by atoms with E-state index in [1.165, 1.54) is 26.4 Å². The summed E-state index contributed by atoms with van der Waals surface area (Å²) in [6.07, 6.45) is 0.433. The van der Waals surface area contributed by atoms with E-state index in [-0.39, 0.29) is 29.8 Å². The number of nitrogens with one attached hydrogen (secondary N) is 1. The molecule has 0 aliphatic carbocycles. The van der Waals surface area contributed by atoms with Crippen molar-refractivity contribution in [2.45, 2.75) is 36.0 Å². The van der Waals surface area contributed by atoms with Crippen molar-refractivity contribution in [2.75, 3.05) is 14.2 Å². The lowest BCUT2D eigenvalue weighted by molar-refractivity contribution is -0.120. The molecule has 3 N–H and O–H groups in total. The lowest BCUT2D eigenvalue weighted by atomic mass is 10.0. The molecule has 0 spiro atoms. The minimum Gasteiger partial charge on any atom is -0.496 e. The van der Waals surface area contributed by atoms with Crippen molar-refractivity contribution < 1.29 is 32.2 Å². The Bertz CT molecular complexity index is 1120. The molecule has 0 aromatic heterocycles. The largest absolute Gasteiger partial charge is 0.496 e. The predicted octanol–water partition coefficient (Wildman–Crippen LogP) is 5.08. The Labute approximate surface area is 211 Å². The Balaban J connectivity index is 1.69. The summed E-state index contributed by atoms with van der Waals surface area (Å²) in [7, 11) is 3.02. The van der Waals surface area contributed by atoms with Gasteiger partial charge in [-0.05, 0) is 41.4 Å². The molecule has 1 amide bonds. The van der Waals surface area contributed by atoms with Gasteiger partial charge in [0.2, 0.25) is 5.91 Å². The molecule has 0 unspecified atom stereocenters. The van der Waals surface area contributed by atoms with E-state index in [0.29, 0.717) is 34.8 Å². The fraction of sp³-hybridized carbons (Fsp3) is 0.269. The third-order valence-corrected chi connectivity index (χ3v) is 6.03. The molecule has 0 saturated carbocycles. The van der Waals surface area contributed by atoms with Crippen molar-refractivity contribution in [3.8, 4) is 17.2 Å². The summed E-state index contributed by atoms with van der Waals surface area (Å²) in [6.45, 7) is 0.396. The van der Waals surface area contributed by atoms with Crippen LogP contribution in [-0.2, 0) is 24.4 Å². The summed E-state index contributed by atoms with van der Waals surface area (Å²) >= 11 is -0.165. The van der Waals surface area contributed by atoms with Crippen LogP contribution in [0.2, 0.25) is 0 Å². The van der Waals surface area contributed by atoms with Crippen molar-refractivity contribution in [1.82, 2.24) is 5.32 Å². The molecule has 0 aliphatic rings. The number of benzene rings is 3. The molecule has 1 atom stereocenters. The van der Waals surface area contributed by atoms with Gasteiger partial charge in [0.25, 0.3) is 0 Å². The van der Waals surface area contributed by atoms with E-state index >= 15 is 0 Å². The van der Waals surface area contributed by atoms with Crippen LogP contribution in [0.5, 0.6) is 17.2 Å². The van der Waals surface area contributed by atoms with Gasteiger partial charge in [-0.15, -0.1) is 0 Å². The van der Waals surface area contributed by atoms with Crippen LogP contribution in [0, 0.1) is 0 Å². The monoisotopic (exact) mass is 520 g/mol. The number of hydrogen-bond acceptors (Lipinski definition) is 6. The Morgan fingerprint density at radius 3 is 2.11 bits per heavy atom. The number of rotatable bonds is 12. The van der Waals surface area contributed by atoms with Gasteiger partial charge in [-0.1, -0.05) is 42.5 Å². The number of halogens is 3. The number of primary amides is 1. The molecule has 36 heavy (non-hydrogen) atoms. The molecule has 0 aliphatic heterocycles. The van der Waals surface area contributed by atoms with E-state index in [1.54, 1.807) is 24.3 Å². The summed E-state index contributed by atoms with van der Waals surface area (Å²) in [5.74, 6) is 0.946. The molecule has 3 aromatic carbocycles. The van der Waals surface area contributed by atoms with Crippen LogP contribution < -0.4 is 25.3 Å². The van der Waals surface area contributed by atoms with Gasteiger partial charge in [-0.2, -0.15) is 13.2 Å². The number of amides is 1. The van der Waals surface area contributed by atoms with Gasteiger partial charge in [0.05, 0.1) is 25.8 Å². The molecule has 6 nitrogen and oxygen atoms in total. The second-order valence-corrected chi connectivity index (χ2v) is 8.95. The number of ether oxygens (including phenoxy) is 3. The second-order valence-electron chi connectivity index (χ2n) is 7.81. The Hall–Kier alpha value is -3.37. The highest BCUT2D eigenvalue weighted by atomic mass is 32.2. The Morgan fingerprint density at radius 1 is 0.972 bits per heavy atom. The zero-order chi connectivity index (χ0) is 26.1. The van der Waals surface area contributed by atoms with Crippen LogP contribution >= 0.6 is 11.8 Å². The lowest BCUT2D eigenvalue weighted by Crippen LogP contribution is -2.42. The van der Waals surface area contributed by atoms with E-state index < -0.39 is 17.5 Å². The fourth-order valence-electron chi connectivity index (χ4n) is 3.52. The minimum absolute atomic E-state index is 0.105. The average molecular weight is 521 g/mol. The first-order valence-corrected chi connectivity index (χ1v) is 11.8. The zero-order valence-electron chi connectivity index (χ0n) is 19.8. The highest BCUT2D eigenvalue weighted by Crippen LogP contribution is 2.37. The van der Waals surface area contributed by atoms with Crippen molar-refractivity contribution in [3.63, 3.8) is 0 Å². The lowest BCUT2D eigenvalue weighted by Gasteiger charge is -2.19. The van der Waals surface area contributed by atoms with Crippen molar-refractivity contribution >= 4 is 17.7 Å².